The van der Waals surface area contributed by atoms with Gasteiger partial charge in [0.25, 0.3) is 0 Å². The van der Waals surface area contributed by atoms with Crippen LogP contribution in [0.4, 0.5) is 0 Å². The Morgan fingerprint density at radius 1 is 0.485 bits per heavy atom. The molecule has 2 aliphatic rings. The monoisotopic (exact) mass is 971 g/mol. The van der Waals surface area contributed by atoms with Gasteiger partial charge in [-0.3, -0.25) is 4.79 Å². The van der Waals surface area contributed by atoms with E-state index in [1.165, 1.54) is 109 Å². The van der Waals surface area contributed by atoms with E-state index in [1.807, 2.05) is 0 Å². The van der Waals surface area contributed by atoms with Gasteiger partial charge in [-0.05, 0) is 64.2 Å². The van der Waals surface area contributed by atoms with Crippen LogP contribution in [0.1, 0.15) is 200 Å². The lowest BCUT2D eigenvalue weighted by Crippen LogP contribution is -2.61. The van der Waals surface area contributed by atoms with Gasteiger partial charge >= 0.3 is 5.97 Å². The molecule has 398 valence electrons. The molecule has 0 bridgehead atoms. The molecule has 2 fully saturated rings. The fourth-order valence-corrected chi connectivity index (χ4v) is 8.41. The molecule has 14 nitrogen and oxygen atoms in total. The van der Waals surface area contributed by atoms with Crippen molar-refractivity contribution >= 4 is 5.97 Å². The molecule has 0 aromatic heterocycles. The van der Waals surface area contributed by atoms with E-state index in [9.17, 15) is 40.5 Å². The lowest BCUT2D eigenvalue weighted by Gasteiger charge is -2.42. The molecule has 0 aromatic carbocycles. The molecule has 0 spiro atoms. The third-order valence-corrected chi connectivity index (χ3v) is 12.9. The Balaban J connectivity index is 1.74. The van der Waals surface area contributed by atoms with Gasteiger partial charge in [0.15, 0.2) is 12.6 Å². The molecule has 68 heavy (non-hydrogen) atoms. The minimum atomic E-state index is -1.71. The summed E-state index contributed by atoms with van der Waals surface area (Å²) in [5.74, 6) is -0.390. The van der Waals surface area contributed by atoms with E-state index in [2.05, 4.69) is 50.3 Å². The number of hydrogen-bond acceptors (Lipinski definition) is 14. The fourth-order valence-electron chi connectivity index (χ4n) is 8.41. The van der Waals surface area contributed by atoms with E-state index in [0.717, 1.165) is 64.2 Å². The van der Waals surface area contributed by atoms with Crippen LogP contribution in [0.3, 0.4) is 0 Å². The summed E-state index contributed by atoms with van der Waals surface area (Å²) >= 11 is 0. The summed E-state index contributed by atoms with van der Waals surface area (Å²) in [6.45, 7) is 3.63. The SMILES string of the molecule is CCCC/C=C\C/C=C\CCCCCCCC(=O)OC(COCCCCCCCCCCCC/C=C\CCCCCCCC)COC1OC(COC2OC(CO)C(O)C(O)C2O)C(O)C(O)C1O. The third-order valence-electron chi connectivity index (χ3n) is 12.9. The van der Waals surface area contributed by atoms with Gasteiger partial charge in [-0.15, -0.1) is 0 Å². The Hall–Kier alpha value is -1.79. The van der Waals surface area contributed by atoms with Crippen LogP contribution in [0.15, 0.2) is 36.5 Å². The molecule has 0 radical (unpaired) electrons. The van der Waals surface area contributed by atoms with E-state index in [-0.39, 0.29) is 25.6 Å². The van der Waals surface area contributed by atoms with Crippen molar-refractivity contribution in [2.75, 3.05) is 33.0 Å². The number of aliphatic hydroxyl groups excluding tert-OH is 7. The van der Waals surface area contributed by atoms with Gasteiger partial charge in [0.1, 0.15) is 54.9 Å². The van der Waals surface area contributed by atoms with Crippen molar-refractivity contribution in [3.63, 3.8) is 0 Å². The van der Waals surface area contributed by atoms with Gasteiger partial charge in [-0.1, -0.05) is 166 Å². The highest BCUT2D eigenvalue weighted by molar-refractivity contribution is 5.69. The summed E-state index contributed by atoms with van der Waals surface area (Å²) in [5.41, 5.74) is 0. The fraction of sp³-hybridized carbons (Fsp3) is 0.870. The minimum absolute atomic E-state index is 0.0559. The molecular formula is C54H98O14. The Bertz CT molecular complexity index is 1260. The standard InChI is InChI=1S/C54H98O14/c1-3-5-7-9-11-13-15-17-19-20-21-22-23-24-26-28-30-32-34-36-38-63-40-43(66-46(56)37-35-33-31-29-27-25-18-16-14-12-10-8-6-4-2)41-64-53-52(62)50(60)48(58)45(68-53)42-65-54-51(61)49(59)47(57)44(39-55)67-54/h10,12,16-19,43-45,47-55,57-62H,3-9,11,13-15,20-42H2,1-2H3/b12-10-,18-16-,19-17-. The number of ether oxygens (including phenoxy) is 6. The van der Waals surface area contributed by atoms with Gasteiger partial charge in [0, 0.05) is 13.0 Å². The summed E-state index contributed by atoms with van der Waals surface area (Å²) in [4.78, 5) is 13.0. The van der Waals surface area contributed by atoms with E-state index < -0.39 is 80.7 Å². The van der Waals surface area contributed by atoms with Crippen molar-refractivity contribution < 1.29 is 69.0 Å². The van der Waals surface area contributed by atoms with Crippen LogP contribution in [0.2, 0.25) is 0 Å². The Morgan fingerprint density at radius 3 is 1.47 bits per heavy atom. The summed E-state index contributed by atoms with van der Waals surface area (Å²) < 4.78 is 34.3. The Morgan fingerprint density at radius 2 is 0.926 bits per heavy atom. The molecule has 14 heteroatoms. The maximum absolute atomic E-state index is 13.0. The van der Waals surface area contributed by atoms with E-state index >= 15 is 0 Å². The van der Waals surface area contributed by atoms with Crippen LogP contribution >= 0.6 is 0 Å². The highest BCUT2D eigenvalue weighted by atomic mass is 16.7. The third kappa shape index (κ3) is 28.9. The normalized spacial score (nSPS) is 26.1. The molecule has 7 N–H and O–H groups in total. The zero-order valence-electron chi connectivity index (χ0n) is 42.3. The second-order valence-corrected chi connectivity index (χ2v) is 19.0. The van der Waals surface area contributed by atoms with Gasteiger partial charge in [-0.2, -0.15) is 0 Å². The lowest BCUT2D eigenvalue weighted by atomic mass is 9.98. The maximum Gasteiger partial charge on any atom is 0.306 e. The first-order chi connectivity index (χ1) is 33.1. The topological polar surface area (TPSA) is 214 Å². The molecule has 0 aliphatic carbocycles. The molecule has 2 rings (SSSR count). The Labute approximate surface area is 410 Å². The second-order valence-electron chi connectivity index (χ2n) is 19.0. The molecule has 0 amide bonds. The van der Waals surface area contributed by atoms with Gasteiger partial charge in [0.05, 0.1) is 26.4 Å². The number of aliphatic hydroxyl groups is 7. The van der Waals surface area contributed by atoms with Crippen molar-refractivity contribution in [3.8, 4) is 0 Å². The first kappa shape index (κ1) is 62.3. The van der Waals surface area contributed by atoms with Crippen LogP contribution in [0.5, 0.6) is 0 Å². The summed E-state index contributed by atoms with van der Waals surface area (Å²) in [6, 6.07) is 0. The van der Waals surface area contributed by atoms with E-state index in [4.69, 9.17) is 28.4 Å². The average molecular weight is 971 g/mol. The quantitative estimate of drug-likeness (QED) is 0.0173. The summed E-state index contributed by atoms with van der Waals surface area (Å²) in [7, 11) is 0. The van der Waals surface area contributed by atoms with Crippen molar-refractivity contribution in [3.05, 3.63) is 36.5 Å². The number of carbonyl (C=O) groups excluding carboxylic acids is 1. The Kier molecular flexibility index (Phi) is 38.3. The van der Waals surface area contributed by atoms with Crippen LogP contribution in [-0.2, 0) is 33.2 Å². The molecule has 11 atom stereocenters. The maximum atomic E-state index is 13.0. The van der Waals surface area contributed by atoms with Crippen molar-refractivity contribution in [2.24, 2.45) is 0 Å². The van der Waals surface area contributed by atoms with E-state index in [1.54, 1.807) is 0 Å². The number of esters is 1. The van der Waals surface area contributed by atoms with Crippen LogP contribution in [0, 0.1) is 0 Å². The van der Waals surface area contributed by atoms with Gasteiger partial charge in [-0.25, -0.2) is 0 Å². The lowest BCUT2D eigenvalue weighted by molar-refractivity contribution is -0.332. The van der Waals surface area contributed by atoms with Gasteiger partial charge < -0.3 is 64.2 Å². The number of carbonyl (C=O) groups is 1. The molecule has 2 saturated heterocycles. The predicted molar refractivity (Wildman–Crippen MR) is 266 cm³/mol. The summed E-state index contributed by atoms with van der Waals surface area (Å²) in [6.07, 6.45) is 30.6. The first-order valence-electron chi connectivity index (χ1n) is 27.1. The smallest absolute Gasteiger partial charge is 0.306 e. The molecular weight excluding hydrogens is 873 g/mol. The highest BCUT2D eigenvalue weighted by Gasteiger charge is 2.47. The average Bonchev–Trinajstić information content (AvgIpc) is 3.33. The van der Waals surface area contributed by atoms with Crippen molar-refractivity contribution in [1.29, 1.82) is 0 Å². The largest absolute Gasteiger partial charge is 0.457 e. The molecule has 2 heterocycles. The minimum Gasteiger partial charge on any atom is -0.457 e. The van der Waals surface area contributed by atoms with E-state index in [0.29, 0.717) is 13.0 Å². The first-order valence-corrected chi connectivity index (χ1v) is 27.1. The molecule has 2 aliphatic heterocycles. The number of hydrogen-bond donors (Lipinski definition) is 7. The zero-order valence-corrected chi connectivity index (χ0v) is 42.3. The molecule has 0 saturated carbocycles. The van der Waals surface area contributed by atoms with Crippen LogP contribution < -0.4 is 0 Å². The predicted octanol–water partition coefficient (Wildman–Crippen LogP) is 8.58. The number of rotatable bonds is 43. The molecule has 11 unspecified atom stereocenters. The second kappa shape index (κ2) is 41.8. The highest BCUT2D eigenvalue weighted by Crippen LogP contribution is 2.26. The van der Waals surface area contributed by atoms with Crippen LogP contribution in [-0.4, -0.2) is 142 Å². The van der Waals surface area contributed by atoms with Crippen LogP contribution in [0.25, 0.3) is 0 Å². The number of unbranched alkanes of at least 4 members (excludes halogenated alkanes) is 23. The number of allylic oxidation sites excluding steroid dienone is 6. The zero-order chi connectivity index (χ0) is 49.5. The molecule has 0 aromatic rings. The van der Waals surface area contributed by atoms with Crippen molar-refractivity contribution in [1.82, 2.24) is 0 Å². The van der Waals surface area contributed by atoms with Gasteiger partial charge in [0.2, 0.25) is 0 Å². The summed E-state index contributed by atoms with van der Waals surface area (Å²) in [5, 5.41) is 72.2. The van der Waals surface area contributed by atoms with Crippen molar-refractivity contribution in [2.45, 2.75) is 268 Å².